The van der Waals surface area contributed by atoms with Crippen LogP contribution in [0.4, 0.5) is 5.69 Å². The number of nitrogens with one attached hydrogen (secondary N) is 1. The third kappa shape index (κ3) is 3.84. The van der Waals surface area contributed by atoms with Crippen LogP contribution >= 0.6 is 0 Å². The molecule has 8 nitrogen and oxygen atoms in total. The summed E-state index contributed by atoms with van der Waals surface area (Å²) < 4.78 is 12.2. The summed E-state index contributed by atoms with van der Waals surface area (Å²) >= 11 is 0. The zero-order valence-electron chi connectivity index (χ0n) is 22.7. The van der Waals surface area contributed by atoms with Crippen molar-refractivity contribution in [1.82, 2.24) is 4.90 Å². The molecule has 3 heterocycles. The van der Waals surface area contributed by atoms with Gasteiger partial charge in [-0.05, 0) is 54.7 Å². The fraction of sp³-hybridized carbons (Fsp3) is 0.406. The van der Waals surface area contributed by atoms with Crippen molar-refractivity contribution >= 4 is 34.2 Å². The Hall–Kier alpha value is -3.75. The van der Waals surface area contributed by atoms with Crippen molar-refractivity contribution in [2.24, 2.45) is 11.8 Å². The average Bonchev–Trinajstić information content (AvgIpc) is 3.58. The minimum atomic E-state index is -1.21. The first-order valence-corrected chi connectivity index (χ1v) is 14.0. The average molecular weight is 543 g/mol. The van der Waals surface area contributed by atoms with Crippen LogP contribution in [0.3, 0.4) is 0 Å². The second kappa shape index (κ2) is 10.0. The second-order valence-corrected chi connectivity index (χ2v) is 11.0. The number of rotatable bonds is 8. The van der Waals surface area contributed by atoms with Gasteiger partial charge in [0.2, 0.25) is 11.8 Å². The van der Waals surface area contributed by atoms with Crippen molar-refractivity contribution in [2.45, 2.75) is 56.4 Å². The van der Waals surface area contributed by atoms with E-state index >= 15 is 0 Å². The summed E-state index contributed by atoms with van der Waals surface area (Å²) in [6.07, 6.45) is 1.51. The molecule has 0 radical (unpaired) electrons. The summed E-state index contributed by atoms with van der Waals surface area (Å²) in [4.78, 5) is 43.5. The van der Waals surface area contributed by atoms with Crippen LogP contribution in [-0.4, -0.2) is 58.2 Å². The Balaban J connectivity index is 1.45. The van der Waals surface area contributed by atoms with E-state index in [1.165, 1.54) is 4.90 Å². The third-order valence-electron chi connectivity index (χ3n) is 9.12. The molecule has 2 N–H and O–H groups in total. The van der Waals surface area contributed by atoms with Gasteiger partial charge >= 0.3 is 5.97 Å². The molecule has 3 aliphatic rings. The zero-order chi connectivity index (χ0) is 28.1. The first-order chi connectivity index (χ1) is 19.4. The Labute approximate surface area is 233 Å². The van der Waals surface area contributed by atoms with E-state index in [0.29, 0.717) is 30.5 Å². The second-order valence-electron chi connectivity index (χ2n) is 11.0. The summed E-state index contributed by atoms with van der Waals surface area (Å²) in [7, 11) is 0. The number of aliphatic hydroxyl groups is 1. The van der Waals surface area contributed by atoms with E-state index in [2.05, 4.69) is 5.32 Å². The van der Waals surface area contributed by atoms with Crippen molar-refractivity contribution in [3.05, 3.63) is 78.4 Å². The molecule has 6 atom stereocenters. The number of carbonyl (C=O) groups is 3. The predicted molar refractivity (Wildman–Crippen MR) is 149 cm³/mol. The van der Waals surface area contributed by atoms with E-state index in [1.807, 2.05) is 79.7 Å². The quantitative estimate of drug-likeness (QED) is 0.413. The van der Waals surface area contributed by atoms with E-state index in [1.54, 1.807) is 6.92 Å². The number of benzene rings is 3. The third-order valence-corrected chi connectivity index (χ3v) is 9.12. The van der Waals surface area contributed by atoms with E-state index < -0.39 is 47.0 Å². The molecule has 2 bridgehead atoms. The minimum Gasteiger partial charge on any atom is -0.466 e. The summed E-state index contributed by atoms with van der Waals surface area (Å²) in [5, 5.41) is 15.6. The fourth-order valence-corrected chi connectivity index (χ4v) is 7.39. The number of nitrogens with zero attached hydrogens (tertiary/aromatic N) is 1. The molecular weight excluding hydrogens is 508 g/mol. The minimum absolute atomic E-state index is 0.182. The van der Waals surface area contributed by atoms with Crippen molar-refractivity contribution in [1.29, 1.82) is 0 Å². The number of likely N-dealkylation sites (tertiary alicyclic amines) is 1. The lowest BCUT2D eigenvalue weighted by Crippen LogP contribution is -2.54. The van der Waals surface area contributed by atoms with Crippen LogP contribution in [0, 0.1) is 11.8 Å². The maximum Gasteiger partial charge on any atom is 0.312 e. The van der Waals surface area contributed by atoms with E-state index in [9.17, 15) is 19.5 Å². The van der Waals surface area contributed by atoms with Gasteiger partial charge in [-0.1, -0.05) is 67.6 Å². The molecule has 8 heteroatoms. The monoisotopic (exact) mass is 542 g/mol. The van der Waals surface area contributed by atoms with Crippen LogP contribution in [0.5, 0.6) is 0 Å². The van der Waals surface area contributed by atoms with E-state index in [-0.39, 0.29) is 19.1 Å². The molecule has 208 valence electrons. The van der Waals surface area contributed by atoms with Crippen molar-refractivity contribution < 1.29 is 29.0 Å². The Kier molecular flexibility index (Phi) is 6.63. The number of ether oxygens (including phenoxy) is 2. The number of hydrogen-bond acceptors (Lipinski definition) is 6. The van der Waals surface area contributed by atoms with Crippen molar-refractivity contribution in [2.75, 3.05) is 18.5 Å². The molecule has 2 unspecified atom stereocenters. The fourth-order valence-electron chi connectivity index (χ4n) is 7.39. The van der Waals surface area contributed by atoms with Crippen LogP contribution < -0.4 is 5.32 Å². The van der Waals surface area contributed by atoms with Gasteiger partial charge in [0.1, 0.15) is 17.6 Å². The van der Waals surface area contributed by atoms with Gasteiger partial charge in [0, 0.05) is 5.69 Å². The topological polar surface area (TPSA) is 105 Å². The largest absolute Gasteiger partial charge is 0.466 e. The molecule has 40 heavy (non-hydrogen) atoms. The number of hydrogen-bond donors (Lipinski definition) is 2. The van der Waals surface area contributed by atoms with E-state index in [4.69, 9.17) is 9.47 Å². The van der Waals surface area contributed by atoms with Crippen LogP contribution in [0.25, 0.3) is 10.8 Å². The van der Waals surface area contributed by atoms with Crippen molar-refractivity contribution in [3.63, 3.8) is 0 Å². The Bertz CT molecular complexity index is 1460. The smallest absolute Gasteiger partial charge is 0.312 e. The number of esters is 1. The molecule has 3 fully saturated rings. The molecular formula is C32H34N2O6. The highest BCUT2D eigenvalue weighted by Crippen LogP contribution is 2.65. The molecule has 1 spiro atoms. The SMILES string of the molecule is CCOC(=O)[C@@H]1[C@H]2C(=O)N([C@H](CO)c3ccccc3)C(C(=O)Nc3ccc4ccccc4c3)C23CC[C@@]1(CC)O3. The van der Waals surface area contributed by atoms with Gasteiger partial charge in [0.15, 0.2) is 0 Å². The molecule has 0 aliphatic carbocycles. The summed E-state index contributed by atoms with van der Waals surface area (Å²) in [5.74, 6) is -2.95. The number of amides is 2. The Morgan fingerprint density at radius 2 is 1.77 bits per heavy atom. The highest BCUT2D eigenvalue weighted by molar-refractivity contribution is 6.04. The number of carbonyl (C=O) groups excluding carboxylic acids is 3. The number of fused-ring (bicyclic) bond motifs is 2. The van der Waals surface area contributed by atoms with Crippen LogP contribution in [-0.2, 0) is 23.9 Å². The number of aliphatic hydroxyl groups excluding tert-OH is 1. The van der Waals surface area contributed by atoms with E-state index in [0.717, 1.165) is 10.8 Å². The summed E-state index contributed by atoms with van der Waals surface area (Å²) in [5.41, 5.74) is -0.795. The first kappa shape index (κ1) is 26.5. The highest BCUT2D eigenvalue weighted by Gasteiger charge is 2.79. The molecule has 3 saturated heterocycles. The van der Waals surface area contributed by atoms with Gasteiger partial charge in [-0.3, -0.25) is 14.4 Å². The predicted octanol–water partition coefficient (Wildman–Crippen LogP) is 4.23. The lowest BCUT2D eigenvalue weighted by atomic mass is 9.65. The van der Waals surface area contributed by atoms with Gasteiger partial charge < -0.3 is 24.8 Å². The lowest BCUT2D eigenvalue weighted by Gasteiger charge is -2.37. The van der Waals surface area contributed by atoms with Gasteiger partial charge in [-0.15, -0.1) is 0 Å². The maximum absolute atomic E-state index is 14.4. The zero-order valence-corrected chi connectivity index (χ0v) is 22.7. The van der Waals surface area contributed by atoms with Crippen LogP contribution in [0.15, 0.2) is 72.8 Å². The first-order valence-electron chi connectivity index (χ1n) is 14.0. The molecule has 3 aliphatic heterocycles. The van der Waals surface area contributed by atoms with Gasteiger partial charge in [-0.25, -0.2) is 0 Å². The van der Waals surface area contributed by atoms with Crippen LogP contribution in [0.1, 0.15) is 44.7 Å². The molecule has 3 aromatic carbocycles. The van der Waals surface area contributed by atoms with Crippen molar-refractivity contribution in [3.8, 4) is 0 Å². The van der Waals surface area contributed by atoms with Gasteiger partial charge in [0.25, 0.3) is 0 Å². The lowest BCUT2D eigenvalue weighted by molar-refractivity contribution is -0.161. The highest BCUT2D eigenvalue weighted by atomic mass is 16.6. The van der Waals surface area contributed by atoms with Crippen LogP contribution in [0.2, 0.25) is 0 Å². The molecule has 3 aromatic rings. The normalized spacial score (nSPS) is 29.4. The Morgan fingerprint density at radius 1 is 1.05 bits per heavy atom. The summed E-state index contributed by atoms with van der Waals surface area (Å²) in [6.45, 7) is 3.47. The standard InChI is InChI=1S/C32H34N2O6/c1-3-31-16-17-32(40-31)25(26(31)30(38)39-4-2)29(37)34(24(19-35)21-11-6-5-7-12-21)27(32)28(36)33-23-15-14-20-10-8-9-13-22(20)18-23/h5-15,18,24-27,35H,3-4,16-17,19H2,1-2H3,(H,33,36)/t24-,25+,26+,27?,31-,32?/m1/s1. The molecule has 0 aromatic heterocycles. The Morgan fingerprint density at radius 3 is 2.48 bits per heavy atom. The molecule has 2 amide bonds. The molecule has 6 rings (SSSR count). The van der Waals surface area contributed by atoms with Gasteiger partial charge in [0.05, 0.1) is 30.8 Å². The number of anilines is 1. The summed E-state index contributed by atoms with van der Waals surface area (Å²) in [6, 6.07) is 20.9. The maximum atomic E-state index is 14.4. The van der Waals surface area contributed by atoms with Gasteiger partial charge in [-0.2, -0.15) is 0 Å². The molecule has 0 saturated carbocycles.